The highest BCUT2D eigenvalue weighted by molar-refractivity contribution is 6.31. The van der Waals surface area contributed by atoms with Crippen molar-refractivity contribution in [1.82, 2.24) is 10.3 Å². The summed E-state index contributed by atoms with van der Waals surface area (Å²) in [6, 6.07) is 2.35. The Labute approximate surface area is 107 Å². The Morgan fingerprint density at radius 2 is 2.24 bits per heavy atom. The maximum Gasteiger partial charge on any atom is 0.0634 e. The smallest absolute Gasteiger partial charge is 0.0634 e. The number of nitrogens with one attached hydrogen (secondary N) is 1. The molecule has 2 rings (SSSR count). The number of halogens is 1. The van der Waals surface area contributed by atoms with Gasteiger partial charge in [0.1, 0.15) is 0 Å². The van der Waals surface area contributed by atoms with Crippen LogP contribution in [0.4, 0.5) is 0 Å². The van der Waals surface area contributed by atoms with Gasteiger partial charge in [-0.25, -0.2) is 0 Å². The van der Waals surface area contributed by atoms with E-state index in [4.69, 9.17) is 11.6 Å². The third kappa shape index (κ3) is 3.41. The number of aliphatic hydroxyl groups is 1. The molecule has 1 aliphatic rings. The molecule has 3 nitrogen and oxygen atoms in total. The summed E-state index contributed by atoms with van der Waals surface area (Å²) in [7, 11) is 0. The summed E-state index contributed by atoms with van der Waals surface area (Å²) in [6.07, 6.45) is 8.18. The van der Waals surface area contributed by atoms with Gasteiger partial charge in [-0.15, -0.1) is 0 Å². The lowest BCUT2D eigenvalue weighted by Gasteiger charge is -2.31. The van der Waals surface area contributed by atoms with Crippen LogP contribution in [-0.4, -0.2) is 22.7 Å². The number of nitrogens with zero attached hydrogens (tertiary/aromatic N) is 1. The van der Waals surface area contributed by atoms with Crippen molar-refractivity contribution in [2.45, 2.75) is 38.3 Å². The first-order chi connectivity index (χ1) is 8.31. The van der Waals surface area contributed by atoms with Gasteiger partial charge in [0.25, 0.3) is 0 Å². The highest BCUT2D eigenvalue weighted by atomic mass is 35.5. The standard InChI is InChI=1S/C13H19ClN2O/c14-12-8-15-6-5-10(12)7-16-13-4-2-1-3-11(13)9-17/h5-6,8,11,13,16-17H,1-4,7,9H2. The van der Waals surface area contributed by atoms with E-state index >= 15 is 0 Å². The molecule has 4 heteroatoms. The van der Waals surface area contributed by atoms with Crippen LogP contribution >= 0.6 is 11.6 Å². The van der Waals surface area contributed by atoms with Gasteiger partial charge in [0, 0.05) is 31.6 Å². The second-order valence-corrected chi connectivity index (χ2v) is 5.09. The summed E-state index contributed by atoms with van der Waals surface area (Å²) in [5.74, 6) is 0.393. The predicted molar refractivity (Wildman–Crippen MR) is 68.9 cm³/mol. The maximum atomic E-state index is 9.34. The first-order valence-electron chi connectivity index (χ1n) is 6.24. The minimum Gasteiger partial charge on any atom is -0.396 e. The van der Waals surface area contributed by atoms with Crippen LogP contribution in [0.2, 0.25) is 5.02 Å². The molecule has 0 aliphatic heterocycles. The van der Waals surface area contributed by atoms with E-state index in [9.17, 15) is 5.11 Å². The van der Waals surface area contributed by atoms with Crippen LogP contribution < -0.4 is 5.32 Å². The van der Waals surface area contributed by atoms with Crippen LogP contribution in [0, 0.1) is 5.92 Å². The highest BCUT2D eigenvalue weighted by Gasteiger charge is 2.23. The molecule has 2 atom stereocenters. The number of pyridine rings is 1. The lowest BCUT2D eigenvalue weighted by molar-refractivity contribution is 0.152. The van der Waals surface area contributed by atoms with Gasteiger partial charge >= 0.3 is 0 Å². The zero-order chi connectivity index (χ0) is 12.1. The van der Waals surface area contributed by atoms with Gasteiger partial charge in [0.05, 0.1) is 5.02 Å². The molecule has 0 saturated heterocycles. The molecule has 2 unspecified atom stereocenters. The number of rotatable bonds is 4. The van der Waals surface area contributed by atoms with Gasteiger partial charge in [0.2, 0.25) is 0 Å². The predicted octanol–water partition coefficient (Wildman–Crippen LogP) is 2.38. The van der Waals surface area contributed by atoms with Gasteiger partial charge in [0.15, 0.2) is 0 Å². The summed E-state index contributed by atoms with van der Waals surface area (Å²) >= 11 is 6.06. The lowest BCUT2D eigenvalue weighted by atomic mass is 9.85. The lowest BCUT2D eigenvalue weighted by Crippen LogP contribution is -2.39. The fourth-order valence-electron chi connectivity index (χ4n) is 2.48. The summed E-state index contributed by atoms with van der Waals surface area (Å²) in [6.45, 7) is 1.03. The first kappa shape index (κ1) is 12.8. The van der Waals surface area contributed by atoms with Crippen LogP contribution in [0.1, 0.15) is 31.2 Å². The van der Waals surface area contributed by atoms with Crippen LogP contribution in [0.25, 0.3) is 0 Å². The van der Waals surface area contributed by atoms with Gasteiger partial charge < -0.3 is 10.4 Å². The summed E-state index contributed by atoms with van der Waals surface area (Å²) < 4.78 is 0. The third-order valence-corrected chi connectivity index (χ3v) is 3.90. The average molecular weight is 255 g/mol. The van der Waals surface area contributed by atoms with Crippen molar-refractivity contribution in [1.29, 1.82) is 0 Å². The Kier molecular flexibility index (Phi) is 4.77. The van der Waals surface area contributed by atoms with Crippen molar-refractivity contribution in [2.75, 3.05) is 6.61 Å². The monoisotopic (exact) mass is 254 g/mol. The van der Waals surface area contributed by atoms with Crippen LogP contribution in [0.15, 0.2) is 18.5 Å². The second kappa shape index (κ2) is 6.34. The van der Waals surface area contributed by atoms with E-state index in [1.807, 2.05) is 6.07 Å². The first-order valence-corrected chi connectivity index (χ1v) is 6.61. The highest BCUT2D eigenvalue weighted by Crippen LogP contribution is 2.24. The largest absolute Gasteiger partial charge is 0.396 e. The normalized spacial score (nSPS) is 24.8. The maximum absolute atomic E-state index is 9.34. The van der Waals surface area contributed by atoms with E-state index in [0.717, 1.165) is 24.9 Å². The minimum atomic E-state index is 0.280. The van der Waals surface area contributed by atoms with E-state index in [2.05, 4.69) is 10.3 Å². The molecule has 94 valence electrons. The van der Waals surface area contributed by atoms with E-state index < -0.39 is 0 Å². The Hall–Kier alpha value is -0.640. The zero-order valence-corrected chi connectivity index (χ0v) is 10.7. The Bertz CT molecular complexity index is 359. The van der Waals surface area contributed by atoms with Crippen LogP contribution in [0.3, 0.4) is 0 Å². The topological polar surface area (TPSA) is 45.1 Å². The SMILES string of the molecule is OCC1CCCCC1NCc1ccncc1Cl. The van der Waals surface area contributed by atoms with Crippen molar-refractivity contribution in [2.24, 2.45) is 5.92 Å². The average Bonchev–Trinajstić information content (AvgIpc) is 2.38. The van der Waals surface area contributed by atoms with Crippen LogP contribution in [-0.2, 0) is 6.54 Å². The van der Waals surface area contributed by atoms with E-state index in [0.29, 0.717) is 17.0 Å². The molecule has 0 spiro atoms. The molecule has 0 bridgehead atoms. The summed E-state index contributed by atoms with van der Waals surface area (Å²) in [5.41, 5.74) is 1.07. The Morgan fingerprint density at radius 3 is 3.00 bits per heavy atom. The van der Waals surface area contributed by atoms with Gasteiger partial charge in [-0.2, -0.15) is 0 Å². The molecule has 0 aromatic carbocycles. The minimum absolute atomic E-state index is 0.280. The molecule has 1 aromatic heterocycles. The molecular weight excluding hydrogens is 236 g/mol. The Morgan fingerprint density at radius 1 is 1.41 bits per heavy atom. The number of hydrogen-bond acceptors (Lipinski definition) is 3. The molecule has 17 heavy (non-hydrogen) atoms. The molecule has 1 saturated carbocycles. The summed E-state index contributed by atoms with van der Waals surface area (Å²) in [4.78, 5) is 3.97. The molecule has 1 aliphatic carbocycles. The molecule has 1 heterocycles. The number of aliphatic hydroxyl groups excluding tert-OH is 1. The third-order valence-electron chi connectivity index (χ3n) is 3.55. The quantitative estimate of drug-likeness (QED) is 0.867. The second-order valence-electron chi connectivity index (χ2n) is 4.68. The van der Waals surface area contributed by atoms with Crippen molar-refractivity contribution in [3.8, 4) is 0 Å². The fourth-order valence-corrected chi connectivity index (χ4v) is 2.67. The Balaban J connectivity index is 1.90. The van der Waals surface area contributed by atoms with E-state index in [1.54, 1.807) is 12.4 Å². The van der Waals surface area contributed by atoms with Crippen LogP contribution in [0.5, 0.6) is 0 Å². The van der Waals surface area contributed by atoms with Crippen molar-refractivity contribution < 1.29 is 5.11 Å². The fraction of sp³-hybridized carbons (Fsp3) is 0.615. The van der Waals surface area contributed by atoms with Gasteiger partial charge in [-0.1, -0.05) is 24.4 Å². The van der Waals surface area contributed by atoms with Gasteiger partial charge in [-0.3, -0.25) is 4.98 Å². The molecule has 0 amide bonds. The van der Waals surface area contributed by atoms with E-state index in [1.165, 1.54) is 12.8 Å². The molecule has 1 aromatic rings. The van der Waals surface area contributed by atoms with E-state index in [-0.39, 0.29) is 6.61 Å². The van der Waals surface area contributed by atoms with Crippen molar-refractivity contribution in [3.05, 3.63) is 29.0 Å². The summed E-state index contributed by atoms with van der Waals surface area (Å²) in [5, 5.41) is 13.5. The van der Waals surface area contributed by atoms with Gasteiger partial charge in [-0.05, 0) is 30.4 Å². The zero-order valence-electron chi connectivity index (χ0n) is 9.90. The molecule has 1 fully saturated rings. The number of aromatic nitrogens is 1. The molecule has 0 radical (unpaired) electrons. The van der Waals surface area contributed by atoms with Crippen molar-refractivity contribution in [3.63, 3.8) is 0 Å². The molecule has 2 N–H and O–H groups in total. The molecular formula is C13H19ClN2O. The van der Waals surface area contributed by atoms with Crippen molar-refractivity contribution >= 4 is 11.6 Å². The number of hydrogen-bond donors (Lipinski definition) is 2.